The Bertz CT molecular complexity index is 1600. The third-order valence-corrected chi connectivity index (χ3v) is 13.3. The lowest BCUT2D eigenvalue weighted by molar-refractivity contribution is -0.405. The van der Waals surface area contributed by atoms with Crippen molar-refractivity contribution >= 4 is 0 Å². The third kappa shape index (κ3) is 11.2. The Morgan fingerprint density at radius 2 is 0.486 bits per heavy atom. The maximum Gasteiger partial charge on any atom is 0.187 e. The molecule has 22 heterocycles. The highest BCUT2D eigenvalue weighted by atomic mass is 16.8. The Morgan fingerprint density at radius 3 is 0.700 bits per heavy atom. The van der Waals surface area contributed by atoms with E-state index >= 15 is 0 Å². The summed E-state index contributed by atoms with van der Waals surface area (Å²) < 4.78 is 74.9. The summed E-state index contributed by atoms with van der Waals surface area (Å²) in [5.41, 5.74) is 0. The molecule has 22 aliphatic heterocycles. The summed E-state index contributed by atoms with van der Waals surface area (Å²) in [6.07, 6.45) is -59.0. The molecule has 408 valence electrons. The molecule has 18 N–H and O–H groups in total. The van der Waals surface area contributed by atoms with E-state index in [4.69, 9.17) is 61.6 Å². The van der Waals surface area contributed by atoms with Gasteiger partial charge in [-0.1, -0.05) is 0 Å². The van der Waals surface area contributed by atoms with Crippen LogP contribution in [0.2, 0.25) is 0 Å². The largest absolute Gasteiger partial charge is 0.394 e. The first-order valence-electron chi connectivity index (χ1n) is 22.6. The monoisotopic (exact) mass is 1030 g/mol. The Hall–Kier alpha value is -1.24. The van der Waals surface area contributed by atoms with Gasteiger partial charge < -0.3 is 153 Å². The van der Waals surface area contributed by atoms with Crippen molar-refractivity contribution in [2.24, 2.45) is 0 Å². The van der Waals surface area contributed by atoms with E-state index in [1.165, 1.54) is 6.92 Å². The summed E-state index contributed by atoms with van der Waals surface area (Å²) in [5.74, 6) is 0. The van der Waals surface area contributed by atoms with Crippen molar-refractivity contribution in [2.45, 2.75) is 197 Å². The quantitative estimate of drug-likeness (QED) is 0.102. The van der Waals surface area contributed by atoms with Crippen molar-refractivity contribution in [2.75, 3.05) is 46.2 Å². The Kier molecular flexibility index (Phi) is 19.5. The molecule has 31 heteroatoms. The van der Waals surface area contributed by atoms with Crippen molar-refractivity contribution in [3.8, 4) is 0 Å². The lowest BCUT2D eigenvalue weighted by Crippen LogP contribution is -2.69. The zero-order valence-corrected chi connectivity index (χ0v) is 37.2. The molecule has 0 aromatic heterocycles. The van der Waals surface area contributed by atoms with Crippen molar-refractivity contribution in [3.63, 3.8) is 0 Å². The SMILES string of the molecule is CC(CO)O[C@@H]1[C@@H](O)[C@H]2O[C@H]3[C@H](O)[C@@H](O)[C@@H](O[C@H]4[C@H](O)[C@@H](O)[C@@H](O[C@H]5[C@H](O)[C@@H](O)[C@@H](O[C@H]6[C@H](O)[C@@H](O)[C@@H](O[C@H]7[C@H](O)[C@@H](O)[C@@H](O[C@H]1[C@@H](CO)O2)O[C@@H]7CO)O[C@@H]6CO)O[C@@H]5CO)O[C@@H]4CO)O[C@@H]3CO. The van der Waals surface area contributed by atoms with Crippen LogP contribution in [0.15, 0.2) is 0 Å². The predicted octanol–water partition coefficient (Wildman–Crippen LogP) is -12.6. The number of ether oxygens (including phenoxy) is 13. The second-order valence-electron chi connectivity index (χ2n) is 17.9. The summed E-state index contributed by atoms with van der Waals surface area (Å²) in [7, 11) is 0. The van der Waals surface area contributed by atoms with E-state index in [-0.39, 0.29) is 0 Å². The van der Waals surface area contributed by atoms with Gasteiger partial charge in [0.25, 0.3) is 0 Å². The van der Waals surface area contributed by atoms with Gasteiger partial charge >= 0.3 is 0 Å². The van der Waals surface area contributed by atoms with Crippen molar-refractivity contribution < 1.29 is 153 Å². The molecule has 12 bridgehead atoms. The maximum atomic E-state index is 11.7. The van der Waals surface area contributed by atoms with E-state index in [2.05, 4.69) is 0 Å². The first kappa shape index (κ1) is 56.5. The van der Waals surface area contributed by atoms with Gasteiger partial charge in [0.15, 0.2) is 37.7 Å². The van der Waals surface area contributed by atoms with Crippen LogP contribution in [0.5, 0.6) is 0 Å². The molecule has 22 fully saturated rings. The summed E-state index contributed by atoms with van der Waals surface area (Å²) in [6.45, 7) is -5.28. The van der Waals surface area contributed by atoms with E-state index in [1.54, 1.807) is 0 Å². The van der Waals surface area contributed by atoms with Gasteiger partial charge in [-0.3, -0.25) is 0 Å². The van der Waals surface area contributed by atoms with Crippen LogP contribution in [0, 0.1) is 0 Å². The number of aliphatic hydroxyl groups is 18. The maximum absolute atomic E-state index is 11.7. The van der Waals surface area contributed by atoms with Gasteiger partial charge in [-0.05, 0) is 6.92 Å². The number of aliphatic hydroxyl groups excluding tert-OH is 18. The third-order valence-electron chi connectivity index (χ3n) is 13.3. The van der Waals surface area contributed by atoms with Crippen LogP contribution in [0.3, 0.4) is 0 Å². The minimum Gasteiger partial charge on any atom is -0.394 e. The lowest BCUT2D eigenvalue weighted by Gasteiger charge is -2.51. The highest BCUT2D eigenvalue weighted by Crippen LogP contribution is 2.38. The summed E-state index contributed by atoms with van der Waals surface area (Å²) in [4.78, 5) is 0. The lowest BCUT2D eigenvalue weighted by atomic mass is 9.94. The normalized spacial score (nSPS) is 53.4. The molecule has 31 nitrogen and oxygen atoms in total. The average molecular weight is 1030 g/mol. The van der Waals surface area contributed by atoms with Crippen molar-refractivity contribution in [1.29, 1.82) is 0 Å². The molecule has 22 rings (SSSR count). The van der Waals surface area contributed by atoms with Gasteiger partial charge in [-0.25, -0.2) is 0 Å². The fourth-order valence-electron chi connectivity index (χ4n) is 9.38. The smallest absolute Gasteiger partial charge is 0.187 e. The molecule has 31 atom stereocenters. The highest BCUT2D eigenvalue weighted by molar-refractivity contribution is 5.01. The van der Waals surface area contributed by atoms with Gasteiger partial charge in [0.05, 0.1) is 52.4 Å². The number of rotatable bonds is 9. The molecule has 22 aliphatic rings. The van der Waals surface area contributed by atoms with Gasteiger partial charge in [0.1, 0.15) is 146 Å². The second kappa shape index (κ2) is 24.2. The first-order chi connectivity index (χ1) is 33.4. The van der Waals surface area contributed by atoms with Crippen LogP contribution in [0.1, 0.15) is 6.92 Å². The average Bonchev–Trinajstić information content (AvgIpc) is 3.35. The topological polar surface area (TPSA) is 484 Å². The molecular weight excluding hydrogens is 964 g/mol. The van der Waals surface area contributed by atoms with E-state index in [9.17, 15) is 91.9 Å². The molecule has 1 unspecified atom stereocenters. The number of hydrogen-bond donors (Lipinski definition) is 18. The minimum absolute atomic E-state index is 0.658. The van der Waals surface area contributed by atoms with E-state index < -0.39 is 237 Å². The first-order valence-corrected chi connectivity index (χ1v) is 22.6. The molecule has 0 aromatic rings. The Balaban J connectivity index is 1.22. The minimum atomic E-state index is -2.16. The van der Waals surface area contributed by atoms with Crippen molar-refractivity contribution in [1.82, 2.24) is 0 Å². The van der Waals surface area contributed by atoms with Gasteiger partial charge in [0.2, 0.25) is 0 Å². The van der Waals surface area contributed by atoms with Crippen LogP contribution in [-0.2, 0) is 61.6 Å². The zero-order chi connectivity index (χ0) is 51.0. The van der Waals surface area contributed by atoms with Crippen LogP contribution in [-0.4, -0.2) is 329 Å². The molecule has 70 heavy (non-hydrogen) atoms. The van der Waals surface area contributed by atoms with Crippen LogP contribution in [0.4, 0.5) is 0 Å². The fourth-order valence-corrected chi connectivity index (χ4v) is 9.38. The van der Waals surface area contributed by atoms with Gasteiger partial charge in [0, 0.05) is 0 Å². The predicted molar refractivity (Wildman–Crippen MR) is 211 cm³/mol. The van der Waals surface area contributed by atoms with Gasteiger partial charge in [-0.15, -0.1) is 0 Å². The van der Waals surface area contributed by atoms with E-state index in [1.807, 2.05) is 0 Å². The zero-order valence-electron chi connectivity index (χ0n) is 37.2. The molecule has 0 radical (unpaired) electrons. The Labute approximate surface area is 396 Å². The Morgan fingerprint density at radius 1 is 0.286 bits per heavy atom. The molecule has 0 aliphatic carbocycles. The molecular formula is C39H66O31. The summed E-state index contributed by atoms with van der Waals surface area (Å²) in [5, 5.41) is 197. The van der Waals surface area contributed by atoms with Crippen LogP contribution < -0.4 is 0 Å². The molecule has 0 saturated carbocycles. The molecule has 22 saturated heterocycles. The number of hydrogen-bond acceptors (Lipinski definition) is 31. The van der Waals surface area contributed by atoms with Crippen LogP contribution in [0.25, 0.3) is 0 Å². The van der Waals surface area contributed by atoms with Gasteiger partial charge in [-0.2, -0.15) is 0 Å². The summed E-state index contributed by atoms with van der Waals surface area (Å²) >= 11 is 0. The fraction of sp³-hybridized carbons (Fsp3) is 1.00. The standard InChI is InChI=1S/C39H66O31/c1-9(2-40)58-33-26(57)39-64-15(8-46)32(33)70-38-25(56)20(51)30(13(6-44)63-38)68-36-23(54)18(49)28(11(4-42)61-36)66-34-21(52)16(47)27(10(3-41)59-34)65-35-22(53)17(48)29(12(5-43)60-35)67-37-24(55)19(50)31(69-39)14(7-45)62-37/h9-57H,2-8H2,1H3/t9?,10-,11-,12-,13-,14-,15-,16-,17-,18-,19-,20-,21-,22-,23-,24-,25-,26-,27-,28-,29-,30-,31-,32+,33-,34-,35-,36-,37-,38-,39-/m1/s1. The van der Waals surface area contributed by atoms with E-state index in [0.717, 1.165) is 0 Å². The van der Waals surface area contributed by atoms with E-state index in [0.29, 0.717) is 0 Å². The summed E-state index contributed by atoms with van der Waals surface area (Å²) in [6, 6.07) is 0. The molecule has 0 amide bonds. The molecule has 0 aromatic carbocycles. The molecule has 0 spiro atoms. The highest BCUT2D eigenvalue weighted by Gasteiger charge is 2.59. The van der Waals surface area contributed by atoms with Crippen molar-refractivity contribution in [3.05, 3.63) is 0 Å². The second-order valence-corrected chi connectivity index (χ2v) is 17.9. The van der Waals surface area contributed by atoms with Crippen LogP contribution >= 0.6 is 0 Å².